The Bertz CT molecular complexity index is 1560. The third-order valence-corrected chi connectivity index (χ3v) is 12.9. The lowest BCUT2D eigenvalue weighted by Crippen LogP contribution is -2.66. The quantitative estimate of drug-likeness (QED) is 0.166. The molecular weight excluding hydrogens is 692 g/mol. The van der Waals surface area contributed by atoms with Crippen LogP contribution in [0.4, 0.5) is 0 Å². The Morgan fingerprint density at radius 2 is 1.87 bits per heavy atom. The van der Waals surface area contributed by atoms with Crippen LogP contribution < -0.4 is 5.73 Å². The molecule has 6 aliphatic rings. The third kappa shape index (κ3) is 7.63. The number of aliphatic hydroxyl groups is 2. The van der Waals surface area contributed by atoms with Crippen LogP contribution in [0.3, 0.4) is 0 Å². The standard InChI is InChI=1S/C42H62N2O10/c1-9-23(2)37-26(5)15-16-40(54-37)20-31-18-30(53-40)14-13-25(4)36(52-34-19-33(48-8)41(44,22-43)28(7)50-34)24(3)11-10-12-29-21-49-38-35(45)27(6)17-32(39(46)51-31)42(29,38)47/h10-13,15-17,22-24,26,28,30-38,43,45,47H,9,14,18-21,44H2,1-8H3/b11-10+,25-13+,29-12+,43-22?/t23?,24?,26-,28-,30+,31-,32-,33-,34-,35+,36-,37+,38?,40+,41+,42+/m0/s1. The van der Waals surface area contributed by atoms with Gasteiger partial charge in [-0.05, 0) is 55.9 Å². The van der Waals surface area contributed by atoms with Crippen LogP contribution in [0.1, 0.15) is 80.6 Å². The number of rotatable bonds is 6. The smallest absolute Gasteiger partial charge is 0.316 e. The molecule has 0 aromatic carbocycles. The molecule has 1 spiro atoms. The number of hydrogen-bond donors (Lipinski definition) is 4. The number of nitrogens with one attached hydrogen (secondary N) is 1. The van der Waals surface area contributed by atoms with Crippen LogP contribution in [-0.2, 0) is 38.0 Å². The molecule has 3 saturated heterocycles. The second-order valence-corrected chi connectivity index (χ2v) is 16.6. The summed E-state index contributed by atoms with van der Waals surface area (Å²) in [6, 6.07) is 0. The Morgan fingerprint density at radius 3 is 2.57 bits per heavy atom. The van der Waals surface area contributed by atoms with E-state index in [1.54, 1.807) is 26.2 Å². The van der Waals surface area contributed by atoms with Gasteiger partial charge in [-0.25, -0.2) is 0 Å². The van der Waals surface area contributed by atoms with Gasteiger partial charge >= 0.3 is 5.97 Å². The molecule has 12 heteroatoms. The maximum atomic E-state index is 14.2. The van der Waals surface area contributed by atoms with Crippen molar-refractivity contribution in [2.45, 2.75) is 153 Å². The molecule has 0 amide bonds. The molecule has 5 heterocycles. The number of carbonyl (C=O) groups is 1. The van der Waals surface area contributed by atoms with Gasteiger partial charge in [0, 0.05) is 44.4 Å². The lowest BCUT2D eigenvalue weighted by atomic mass is 9.71. The summed E-state index contributed by atoms with van der Waals surface area (Å²) in [5.41, 5.74) is 5.60. The van der Waals surface area contributed by atoms with E-state index in [1.807, 2.05) is 39.0 Å². The van der Waals surface area contributed by atoms with Crippen LogP contribution in [-0.4, -0.2) is 108 Å². The molecule has 3 fully saturated rings. The number of hydrogen-bond acceptors (Lipinski definition) is 12. The molecule has 0 saturated carbocycles. The summed E-state index contributed by atoms with van der Waals surface area (Å²) in [7, 11) is 1.58. The van der Waals surface area contributed by atoms with Gasteiger partial charge in [0.2, 0.25) is 0 Å². The average Bonchev–Trinajstić information content (AvgIpc) is 3.49. The largest absolute Gasteiger partial charge is 0.462 e. The van der Waals surface area contributed by atoms with E-state index >= 15 is 0 Å². The Balaban J connectivity index is 1.38. The van der Waals surface area contributed by atoms with E-state index < -0.39 is 71.7 Å². The number of ether oxygens (including phenoxy) is 7. The highest BCUT2D eigenvalue weighted by Gasteiger charge is 2.60. The van der Waals surface area contributed by atoms with Crippen LogP contribution in [0.15, 0.2) is 59.3 Å². The summed E-state index contributed by atoms with van der Waals surface area (Å²) in [6.45, 7) is 14.1. The van der Waals surface area contributed by atoms with E-state index in [1.165, 1.54) is 6.21 Å². The fourth-order valence-corrected chi connectivity index (χ4v) is 9.18. The Kier molecular flexibility index (Phi) is 12.3. The van der Waals surface area contributed by atoms with Crippen molar-refractivity contribution < 1.29 is 48.2 Å². The maximum Gasteiger partial charge on any atom is 0.316 e. The van der Waals surface area contributed by atoms with Crippen molar-refractivity contribution >= 4 is 12.2 Å². The molecule has 5 N–H and O–H groups in total. The zero-order chi connectivity index (χ0) is 39.2. The first-order valence-corrected chi connectivity index (χ1v) is 19.7. The van der Waals surface area contributed by atoms with Gasteiger partial charge in [0.05, 0.1) is 37.1 Å². The predicted octanol–water partition coefficient (Wildman–Crippen LogP) is 4.83. The number of nitrogens with two attached hydrogens (primary N) is 1. The van der Waals surface area contributed by atoms with Gasteiger partial charge in [0.1, 0.15) is 35.4 Å². The highest BCUT2D eigenvalue weighted by molar-refractivity contribution is 5.78. The van der Waals surface area contributed by atoms with Crippen LogP contribution in [0.25, 0.3) is 0 Å². The van der Waals surface area contributed by atoms with Crippen molar-refractivity contribution in [3.63, 3.8) is 0 Å². The van der Waals surface area contributed by atoms with Gasteiger partial charge < -0.3 is 54.5 Å². The highest BCUT2D eigenvalue weighted by atomic mass is 16.7. The first-order valence-electron chi connectivity index (χ1n) is 19.7. The van der Waals surface area contributed by atoms with E-state index in [-0.39, 0.29) is 36.6 Å². The molecule has 1 aliphatic carbocycles. The molecule has 54 heavy (non-hydrogen) atoms. The van der Waals surface area contributed by atoms with Crippen LogP contribution >= 0.6 is 0 Å². The first-order chi connectivity index (χ1) is 25.6. The summed E-state index contributed by atoms with van der Waals surface area (Å²) in [4.78, 5) is 14.2. The second-order valence-electron chi connectivity index (χ2n) is 16.6. The van der Waals surface area contributed by atoms with Crippen molar-refractivity contribution in [1.29, 1.82) is 5.41 Å². The number of methoxy groups -OCH3 is 1. The van der Waals surface area contributed by atoms with Crippen LogP contribution in [0.2, 0.25) is 0 Å². The normalized spacial score (nSPS) is 48.7. The third-order valence-electron chi connectivity index (χ3n) is 12.9. The second kappa shape index (κ2) is 16.1. The predicted molar refractivity (Wildman–Crippen MR) is 202 cm³/mol. The zero-order valence-corrected chi connectivity index (χ0v) is 33.1. The Morgan fingerprint density at radius 1 is 1.11 bits per heavy atom. The Hall–Kier alpha value is -2.52. The topological polar surface area (TPSA) is 172 Å². The minimum absolute atomic E-state index is 0.0387. The van der Waals surface area contributed by atoms with Gasteiger partial charge in [0.15, 0.2) is 12.1 Å². The molecule has 0 aromatic rings. The number of esters is 1. The fourth-order valence-electron chi connectivity index (χ4n) is 9.18. The maximum absolute atomic E-state index is 14.2. The molecule has 6 rings (SSSR count). The average molecular weight is 755 g/mol. The number of aliphatic hydroxyl groups excluding tert-OH is 1. The number of allylic oxidation sites excluding steroid dienone is 2. The van der Waals surface area contributed by atoms with Crippen molar-refractivity contribution in [2.75, 3.05) is 13.7 Å². The van der Waals surface area contributed by atoms with Gasteiger partial charge in [0.25, 0.3) is 0 Å². The molecule has 300 valence electrons. The lowest BCUT2D eigenvalue weighted by Gasteiger charge is -2.48. The van der Waals surface area contributed by atoms with Crippen molar-refractivity contribution in [2.24, 2.45) is 29.4 Å². The molecular formula is C42H62N2O10. The van der Waals surface area contributed by atoms with Crippen molar-refractivity contribution in [3.8, 4) is 0 Å². The molecule has 0 aromatic heterocycles. The first kappa shape index (κ1) is 41.1. The summed E-state index contributed by atoms with van der Waals surface area (Å²) in [6.07, 6.45) is 11.9. The SMILES string of the molecule is CCC(C)[C@H]1O[C@]2(C=C[C@@H]1C)C[C@@H]1C[C@@H](C/C=C(\C)[C@@H](O[C@H]3C[C@H](OC)[C@@](N)(C=N)[C@H](C)O3)C(C)/C=C/C=C3\COC4[C@H](O)C(C)=C[C@@H](C(=O)O1)[C@]34O)O2. The minimum atomic E-state index is -1.82. The van der Waals surface area contributed by atoms with Crippen molar-refractivity contribution in [3.05, 3.63) is 59.3 Å². The molecule has 16 atom stereocenters. The summed E-state index contributed by atoms with van der Waals surface area (Å²) in [5, 5.41) is 31.5. The monoisotopic (exact) mass is 754 g/mol. The van der Waals surface area contributed by atoms with E-state index in [9.17, 15) is 15.0 Å². The minimum Gasteiger partial charge on any atom is -0.462 e. The van der Waals surface area contributed by atoms with E-state index in [0.717, 1.165) is 12.0 Å². The summed E-state index contributed by atoms with van der Waals surface area (Å²) in [5.74, 6) is -2.50. The summed E-state index contributed by atoms with van der Waals surface area (Å²) < 4.78 is 44.8. The van der Waals surface area contributed by atoms with E-state index in [0.29, 0.717) is 36.8 Å². The molecule has 5 aliphatic heterocycles. The highest BCUT2D eigenvalue weighted by Crippen LogP contribution is 2.47. The lowest BCUT2D eigenvalue weighted by molar-refractivity contribution is -0.300. The van der Waals surface area contributed by atoms with Crippen LogP contribution in [0, 0.1) is 29.1 Å². The van der Waals surface area contributed by atoms with E-state index in [4.69, 9.17) is 44.3 Å². The fraction of sp³-hybridized carbons (Fsp3) is 0.714. The molecule has 3 unspecified atom stereocenters. The Labute approximate surface area is 320 Å². The van der Waals surface area contributed by atoms with Gasteiger partial charge in [-0.1, -0.05) is 70.6 Å². The molecule has 12 nitrogen and oxygen atoms in total. The van der Waals surface area contributed by atoms with Crippen molar-refractivity contribution in [1.82, 2.24) is 0 Å². The van der Waals surface area contributed by atoms with Gasteiger partial charge in [-0.3, -0.25) is 4.79 Å². The van der Waals surface area contributed by atoms with Gasteiger partial charge in [-0.15, -0.1) is 0 Å². The van der Waals surface area contributed by atoms with E-state index in [2.05, 4.69) is 32.9 Å². The molecule has 2 bridgehead atoms. The number of fused-ring (bicyclic) bond motifs is 2. The van der Waals surface area contributed by atoms with Gasteiger partial charge in [-0.2, -0.15) is 0 Å². The zero-order valence-electron chi connectivity index (χ0n) is 33.1. The molecule has 0 radical (unpaired) electrons. The summed E-state index contributed by atoms with van der Waals surface area (Å²) >= 11 is 0. The van der Waals surface area contributed by atoms with Crippen LogP contribution in [0.5, 0.6) is 0 Å². The number of carbonyl (C=O) groups excluding carboxylic acids is 1.